The van der Waals surface area contributed by atoms with E-state index in [0.717, 1.165) is 5.56 Å². The summed E-state index contributed by atoms with van der Waals surface area (Å²) in [6, 6.07) is 9.48. The van der Waals surface area contributed by atoms with Crippen molar-refractivity contribution >= 4 is 34.8 Å². The molecular formula is C15H12Cl2FNO. The third-order valence-electron chi connectivity index (χ3n) is 2.91. The van der Waals surface area contributed by atoms with Gasteiger partial charge in [0.05, 0.1) is 6.42 Å². The molecule has 2 aromatic carbocycles. The molecule has 0 saturated carbocycles. The van der Waals surface area contributed by atoms with Gasteiger partial charge >= 0.3 is 0 Å². The van der Waals surface area contributed by atoms with Gasteiger partial charge in [-0.1, -0.05) is 35.3 Å². The van der Waals surface area contributed by atoms with Gasteiger partial charge in [0.1, 0.15) is 5.82 Å². The van der Waals surface area contributed by atoms with Gasteiger partial charge < -0.3 is 5.32 Å². The molecule has 0 aliphatic carbocycles. The van der Waals surface area contributed by atoms with Crippen LogP contribution in [0.15, 0.2) is 36.4 Å². The lowest BCUT2D eigenvalue weighted by molar-refractivity contribution is -0.115. The number of carbonyl (C=O) groups excluding carboxylic acids is 1. The van der Waals surface area contributed by atoms with Crippen molar-refractivity contribution in [3.05, 3.63) is 63.4 Å². The van der Waals surface area contributed by atoms with E-state index in [4.69, 9.17) is 23.2 Å². The maximum absolute atomic E-state index is 13.6. The minimum atomic E-state index is -0.490. The molecule has 5 heteroatoms. The zero-order valence-electron chi connectivity index (χ0n) is 10.7. The first-order valence-corrected chi connectivity index (χ1v) is 6.72. The number of rotatable bonds is 3. The second kappa shape index (κ2) is 6.25. The number of nitrogens with one attached hydrogen (secondary N) is 1. The first kappa shape index (κ1) is 14.8. The van der Waals surface area contributed by atoms with Gasteiger partial charge in [0, 0.05) is 15.7 Å². The Balaban J connectivity index is 2.11. The van der Waals surface area contributed by atoms with Crippen molar-refractivity contribution in [2.45, 2.75) is 13.3 Å². The third-order valence-corrected chi connectivity index (χ3v) is 3.55. The first-order chi connectivity index (χ1) is 9.47. The van der Waals surface area contributed by atoms with Gasteiger partial charge in [0.2, 0.25) is 5.91 Å². The Labute approximate surface area is 126 Å². The Kier molecular flexibility index (Phi) is 4.63. The van der Waals surface area contributed by atoms with Gasteiger partial charge in [-0.05, 0) is 42.3 Å². The molecular weight excluding hydrogens is 300 g/mol. The molecule has 2 aromatic rings. The predicted octanol–water partition coefficient (Wildman–Crippen LogP) is 4.62. The molecule has 0 saturated heterocycles. The van der Waals surface area contributed by atoms with E-state index in [1.807, 2.05) is 0 Å². The summed E-state index contributed by atoms with van der Waals surface area (Å²) < 4.78 is 13.6. The highest BCUT2D eigenvalue weighted by Gasteiger charge is 2.10. The Morgan fingerprint density at radius 1 is 1.25 bits per heavy atom. The standard InChI is InChI=1S/C15H12Cl2FNO/c1-9-12(17)3-2-4-14(9)19-15(20)7-10-5-6-11(16)8-13(10)18/h2-6,8H,7H2,1H3,(H,19,20). The lowest BCUT2D eigenvalue weighted by Crippen LogP contribution is -2.16. The highest BCUT2D eigenvalue weighted by atomic mass is 35.5. The van der Waals surface area contributed by atoms with E-state index in [1.54, 1.807) is 31.2 Å². The van der Waals surface area contributed by atoms with E-state index in [-0.39, 0.29) is 12.3 Å². The largest absolute Gasteiger partial charge is 0.326 e. The van der Waals surface area contributed by atoms with Crippen molar-refractivity contribution in [2.75, 3.05) is 5.32 Å². The van der Waals surface area contributed by atoms with Crippen molar-refractivity contribution in [1.29, 1.82) is 0 Å². The highest BCUT2D eigenvalue weighted by Crippen LogP contribution is 2.23. The number of amides is 1. The van der Waals surface area contributed by atoms with Gasteiger partial charge in [-0.25, -0.2) is 4.39 Å². The number of carbonyl (C=O) groups is 1. The molecule has 0 spiro atoms. The van der Waals surface area contributed by atoms with Gasteiger partial charge in [-0.3, -0.25) is 4.79 Å². The van der Waals surface area contributed by atoms with Crippen LogP contribution >= 0.6 is 23.2 Å². The summed E-state index contributed by atoms with van der Waals surface area (Å²) in [7, 11) is 0. The molecule has 0 heterocycles. The molecule has 1 N–H and O–H groups in total. The van der Waals surface area contributed by atoms with Crippen molar-refractivity contribution < 1.29 is 9.18 Å². The predicted molar refractivity (Wildman–Crippen MR) is 79.9 cm³/mol. The summed E-state index contributed by atoms with van der Waals surface area (Å²) >= 11 is 11.6. The van der Waals surface area contributed by atoms with E-state index in [9.17, 15) is 9.18 Å². The summed E-state index contributed by atoms with van der Waals surface area (Å²) in [4.78, 5) is 11.9. The van der Waals surface area contributed by atoms with Crippen LogP contribution in [-0.4, -0.2) is 5.91 Å². The topological polar surface area (TPSA) is 29.1 Å². The Morgan fingerprint density at radius 3 is 2.70 bits per heavy atom. The smallest absolute Gasteiger partial charge is 0.228 e. The summed E-state index contributed by atoms with van der Waals surface area (Å²) in [5, 5.41) is 3.59. The van der Waals surface area contributed by atoms with Crippen molar-refractivity contribution in [3.8, 4) is 0 Å². The minimum Gasteiger partial charge on any atom is -0.326 e. The van der Waals surface area contributed by atoms with Crippen molar-refractivity contribution in [3.63, 3.8) is 0 Å². The summed E-state index contributed by atoms with van der Waals surface area (Å²) in [6.45, 7) is 1.81. The maximum Gasteiger partial charge on any atom is 0.228 e. The zero-order chi connectivity index (χ0) is 14.7. The second-order valence-corrected chi connectivity index (χ2v) is 5.22. The molecule has 0 fully saturated rings. The van der Waals surface area contributed by atoms with E-state index in [0.29, 0.717) is 21.3 Å². The number of halogens is 3. The Hall–Kier alpha value is -1.58. The fraction of sp³-hybridized carbons (Fsp3) is 0.133. The quantitative estimate of drug-likeness (QED) is 0.880. The molecule has 2 rings (SSSR count). The molecule has 0 atom stereocenters. The van der Waals surface area contributed by atoms with Crippen LogP contribution in [0.4, 0.5) is 10.1 Å². The monoisotopic (exact) mass is 311 g/mol. The van der Waals surface area contributed by atoms with E-state index < -0.39 is 5.82 Å². The fourth-order valence-corrected chi connectivity index (χ4v) is 2.11. The lowest BCUT2D eigenvalue weighted by Gasteiger charge is -2.10. The maximum atomic E-state index is 13.6. The molecule has 0 unspecified atom stereocenters. The van der Waals surface area contributed by atoms with E-state index in [2.05, 4.69) is 5.32 Å². The van der Waals surface area contributed by atoms with Crippen LogP contribution in [0.1, 0.15) is 11.1 Å². The number of hydrogen-bond donors (Lipinski definition) is 1. The van der Waals surface area contributed by atoms with Gasteiger partial charge in [0.15, 0.2) is 0 Å². The highest BCUT2D eigenvalue weighted by molar-refractivity contribution is 6.31. The fourth-order valence-electron chi connectivity index (χ4n) is 1.78. The van der Waals surface area contributed by atoms with Gasteiger partial charge in [-0.2, -0.15) is 0 Å². The first-order valence-electron chi connectivity index (χ1n) is 5.96. The molecule has 104 valence electrons. The number of hydrogen-bond acceptors (Lipinski definition) is 1. The van der Waals surface area contributed by atoms with Gasteiger partial charge in [0.25, 0.3) is 0 Å². The molecule has 1 amide bonds. The van der Waals surface area contributed by atoms with Crippen molar-refractivity contribution in [1.82, 2.24) is 0 Å². The summed E-state index contributed by atoms with van der Waals surface area (Å²) in [6.07, 6.45) is -0.0606. The van der Waals surface area contributed by atoms with Crippen LogP contribution in [0.5, 0.6) is 0 Å². The SMILES string of the molecule is Cc1c(Cl)cccc1NC(=O)Cc1ccc(Cl)cc1F. The summed E-state index contributed by atoms with van der Waals surface area (Å²) in [5.74, 6) is -0.799. The van der Waals surface area contributed by atoms with Crippen LogP contribution in [-0.2, 0) is 11.2 Å². The average Bonchev–Trinajstić information content (AvgIpc) is 2.38. The normalized spacial score (nSPS) is 10.4. The Morgan fingerprint density at radius 2 is 2.00 bits per heavy atom. The third kappa shape index (κ3) is 3.50. The summed E-state index contributed by atoms with van der Waals surface area (Å²) in [5.41, 5.74) is 1.70. The van der Waals surface area contributed by atoms with Crippen LogP contribution in [0, 0.1) is 12.7 Å². The Bertz CT molecular complexity index is 658. The van der Waals surface area contributed by atoms with Gasteiger partial charge in [-0.15, -0.1) is 0 Å². The molecule has 0 aromatic heterocycles. The van der Waals surface area contributed by atoms with Crippen LogP contribution < -0.4 is 5.32 Å². The molecule has 0 aliphatic rings. The number of benzene rings is 2. The molecule has 0 aliphatic heterocycles. The molecule has 2 nitrogen and oxygen atoms in total. The van der Waals surface area contributed by atoms with Crippen LogP contribution in [0.2, 0.25) is 10.0 Å². The molecule has 0 bridgehead atoms. The number of anilines is 1. The zero-order valence-corrected chi connectivity index (χ0v) is 12.2. The molecule has 0 radical (unpaired) electrons. The molecule has 20 heavy (non-hydrogen) atoms. The minimum absolute atomic E-state index is 0.0606. The van der Waals surface area contributed by atoms with E-state index >= 15 is 0 Å². The second-order valence-electron chi connectivity index (χ2n) is 4.37. The average molecular weight is 312 g/mol. The van der Waals surface area contributed by atoms with E-state index in [1.165, 1.54) is 12.1 Å². The van der Waals surface area contributed by atoms with Crippen molar-refractivity contribution in [2.24, 2.45) is 0 Å². The van der Waals surface area contributed by atoms with Crippen LogP contribution in [0.25, 0.3) is 0 Å². The lowest BCUT2D eigenvalue weighted by atomic mass is 10.1. The van der Waals surface area contributed by atoms with Crippen LogP contribution in [0.3, 0.4) is 0 Å².